The summed E-state index contributed by atoms with van der Waals surface area (Å²) in [6.07, 6.45) is 0. The van der Waals surface area contributed by atoms with Crippen LogP contribution in [0.2, 0.25) is 10.0 Å². The molecule has 0 atom stereocenters. The lowest BCUT2D eigenvalue weighted by molar-refractivity contribution is 0.0924. The van der Waals surface area contributed by atoms with E-state index >= 15 is 0 Å². The van der Waals surface area contributed by atoms with Gasteiger partial charge in [0, 0.05) is 10.6 Å². The van der Waals surface area contributed by atoms with Crippen molar-refractivity contribution in [2.45, 2.75) is 4.90 Å². The van der Waals surface area contributed by atoms with E-state index in [2.05, 4.69) is 0 Å². The fraction of sp³-hybridized carbons (Fsp3) is 0.0714. The van der Waals surface area contributed by atoms with E-state index in [1.807, 2.05) is 0 Å². The van der Waals surface area contributed by atoms with Crippen molar-refractivity contribution in [3.05, 3.63) is 64.1 Å². The van der Waals surface area contributed by atoms with E-state index in [0.717, 1.165) is 0 Å². The van der Waals surface area contributed by atoms with Crippen LogP contribution in [0.15, 0.2) is 53.4 Å². The Kier molecular flexibility index (Phi) is 5.00. The van der Waals surface area contributed by atoms with Crippen LogP contribution in [-0.2, 0) is 14.3 Å². The molecule has 2 rings (SSSR count). The average Bonchev–Trinajstić information content (AvgIpc) is 2.48. The molecule has 21 heavy (non-hydrogen) atoms. The summed E-state index contributed by atoms with van der Waals surface area (Å²) < 4.78 is 28.8. The molecule has 0 unspecified atom stereocenters. The molecule has 4 nitrogen and oxygen atoms in total. The molecule has 0 aliphatic heterocycles. The molecule has 0 amide bonds. The highest BCUT2D eigenvalue weighted by molar-refractivity contribution is 7.87. The van der Waals surface area contributed by atoms with Crippen molar-refractivity contribution < 1.29 is 17.4 Å². The quantitative estimate of drug-likeness (QED) is 0.614. The third-order valence-electron chi connectivity index (χ3n) is 2.60. The lowest BCUT2D eigenvalue weighted by Gasteiger charge is -2.07. The van der Waals surface area contributed by atoms with Gasteiger partial charge in [0.15, 0.2) is 5.78 Å². The Labute approximate surface area is 132 Å². The summed E-state index contributed by atoms with van der Waals surface area (Å²) in [5.41, 5.74) is 0.366. The van der Waals surface area contributed by atoms with E-state index in [1.165, 1.54) is 18.2 Å². The minimum atomic E-state index is -4.15. The molecule has 2 aromatic rings. The molecular formula is C14H10Cl2O4S. The number of rotatable bonds is 5. The number of halogens is 2. The van der Waals surface area contributed by atoms with Gasteiger partial charge in [0.25, 0.3) is 10.1 Å². The van der Waals surface area contributed by atoms with Crippen LogP contribution in [0.1, 0.15) is 10.4 Å². The second-order valence-corrected chi connectivity index (χ2v) is 6.51. The zero-order chi connectivity index (χ0) is 15.5. The zero-order valence-corrected chi connectivity index (χ0v) is 13.0. The predicted octanol–water partition coefficient (Wildman–Crippen LogP) is 3.58. The molecule has 2 aromatic carbocycles. The minimum Gasteiger partial charge on any atom is -0.291 e. The maximum atomic E-state index is 12.0. The first-order valence-corrected chi connectivity index (χ1v) is 7.99. The van der Waals surface area contributed by atoms with Gasteiger partial charge >= 0.3 is 0 Å². The fourth-order valence-electron chi connectivity index (χ4n) is 1.57. The normalized spacial score (nSPS) is 11.3. The number of carbonyl (C=O) groups excluding carboxylic acids is 1. The van der Waals surface area contributed by atoms with E-state index in [0.29, 0.717) is 5.56 Å². The number of benzene rings is 2. The van der Waals surface area contributed by atoms with Crippen molar-refractivity contribution in [1.82, 2.24) is 0 Å². The average molecular weight is 345 g/mol. The maximum absolute atomic E-state index is 12.0. The molecule has 0 aliphatic carbocycles. The highest BCUT2D eigenvalue weighted by Gasteiger charge is 2.21. The van der Waals surface area contributed by atoms with Gasteiger partial charge in [0.05, 0.1) is 5.02 Å². The molecule has 0 saturated heterocycles. The molecule has 7 heteroatoms. The van der Waals surface area contributed by atoms with E-state index in [1.54, 1.807) is 30.3 Å². The van der Waals surface area contributed by atoms with E-state index < -0.39 is 22.5 Å². The third kappa shape index (κ3) is 4.04. The first-order chi connectivity index (χ1) is 9.90. The molecule has 0 aromatic heterocycles. The SMILES string of the molecule is O=C(COS(=O)(=O)c1cc(Cl)ccc1Cl)c1ccccc1. The van der Waals surface area contributed by atoms with Crippen LogP contribution in [0.25, 0.3) is 0 Å². The second kappa shape index (κ2) is 6.58. The Hall–Kier alpha value is -1.40. The first-order valence-electron chi connectivity index (χ1n) is 5.83. The Balaban J connectivity index is 2.15. The molecule has 0 saturated carbocycles. The Morgan fingerprint density at radius 3 is 2.38 bits per heavy atom. The van der Waals surface area contributed by atoms with Crippen LogP contribution < -0.4 is 0 Å². The van der Waals surface area contributed by atoms with Gasteiger partial charge in [0.1, 0.15) is 11.5 Å². The Morgan fingerprint density at radius 2 is 1.71 bits per heavy atom. The number of hydrogen-bond donors (Lipinski definition) is 0. The van der Waals surface area contributed by atoms with Gasteiger partial charge in [-0.25, -0.2) is 0 Å². The Morgan fingerprint density at radius 1 is 1.05 bits per heavy atom. The predicted molar refractivity (Wildman–Crippen MR) is 80.4 cm³/mol. The van der Waals surface area contributed by atoms with E-state index in [9.17, 15) is 13.2 Å². The summed E-state index contributed by atoms with van der Waals surface area (Å²) in [5, 5.41) is 0.183. The third-order valence-corrected chi connectivity index (χ3v) is 4.58. The van der Waals surface area contributed by atoms with Gasteiger partial charge in [-0.15, -0.1) is 0 Å². The molecule has 0 fully saturated rings. The van der Waals surface area contributed by atoms with Crippen molar-refractivity contribution in [2.75, 3.05) is 6.61 Å². The van der Waals surface area contributed by atoms with Crippen molar-refractivity contribution in [3.8, 4) is 0 Å². The smallest absolute Gasteiger partial charge is 0.291 e. The van der Waals surface area contributed by atoms with E-state index in [-0.39, 0.29) is 14.9 Å². The molecule has 0 aliphatic rings. The van der Waals surface area contributed by atoms with Crippen molar-refractivity contribution >= 4 is 39.1 Å². The molecular weight excluding hydrogens is 335 g/mol. The van der Waals surface area contributed by atoms with Gasteiger partial charge < -0.3 is 0 Å². The maximum Gasteiger partial charge on any atom is 0.298 e. The monoisotopic (exact) mass is 344 g/mol. The number of hydrogen-bond acceptors (Lipinski definition) is 4. The Bertz CT molecular complexity index is 758. The van der Waals surface area contributed by atoms with Crippen LogP contribution in [-0.4, -0.2) is 20.8 Å². The van der Waals surface area contributed by atoms with Crippen molar-refractivity contribution in [1.29, 1.82) is 0 Å². The van der Waals surface area contributed by atoms with Gasteiger partial charge in [-0.2, -0.15) is 8.42 Å². The molecule has 0 heterocycles. The van der Waals surface area contributed by atoms with E-state index in [4.69, 9.17) is 27.4 Å². The fourth-order valence-corrected chi connectivity index (χ4v) is 3.18. The van der Waals surface area contributed by atoms with Crippen LogP contribution in [0.5, 0.6) is 0 Å². The molecule has 0 bridgehead atoms. The van der Waals surface area contributed by atoms with Crippen molar-refractivity contribution in [3.63, 3.8) is 0 Å². The summed E-state index contributed by atoms with van der Waals surface area (Å²) in [6, 6.07) is 12.2. The summed E-state index contributed by atoms with van der Waals surface area (Å²) in [7, 11) is -4.15. The van der Waals surface area contributed by atoms with Crippen LogP contribution in [0.3, 0.4) is 0 Å². The molecule has 0 radical (unpaired) electrons. The second-order valence-electron chi connectivity index (χ2n) is 4.08. The number of ketones is 1. The van der Waals surface area contributed by atoms with Gasteiger partial charge in [-0.1, -0.05) is 53.5 Å². The van der Waals surface area contributed by atoms with Gasteiger partial charge in [0.2, 0.25) is 0 Å². The first kappa shape index (κ1) is 16.0. The molecule has 0 N–H and O–H groups in total. The van der Waals surface area contributed by atoms with Crippen molar-refractivity contribution in [2.24, 2.45) is 0 Å². The molecule has 110 valence electrons. The minimum absolute atomic E-state index is 0.0217. The highest BCUT2D eigenvalue weighted by Crippen LogP contribution is 2.26. The summed E-state index contributed by atoms with van der Waals surface area (Å²) >= 11 is 11.5. The summed E-state index contributed by atoms with van der Waals surface area (Å²) in [5.74, 6) is -0.447. The number of Topliss-reactive ketones (excluding diaryl/α,β-unsaturated/α-hetero) is 1. The van der Waals surface area contributed by atoms with Crippen LogP contribution >= 0.6 is 23.2 Å². The largest absolute Gasteiger partial charge is 0.298 e. The van der Waals surface area contributed by atoms with Crippen LogP contribution in [0.4, 0.5) is 0 Å². The molecule has 0 spiro atoms. The lowest BCUT2D eigenvalue weighted by atomic mass is 10.1. The van der Waals surface area contributed by atoms with Gasteiger partial charge in [-0.05, 0) is 18.2 Å². The summed E-state index contributed by atoms with van der Waals surface area (Å²) in [4.78, 5) is 11.6. The standard InChI is InChI=1S/C14H10Cl2O4S/c15-11-6-7-12(16)14(8-11)21(18,19)20-9-13(17)10-4-2-1-3-5-10/h1-8H,9H2. The van der Waals surface area contributed by atoms with Crippen LogP contribution in [0, 0.1) is 0 Å². The number of carbonyl (C=O) groups is 1. The van der Waals surface area contributed by atoms with Gasteiger partial charge in [-0.3, -0.25) is 8.98 Å². The topological polar surface area (TPSA) is 60.4 Å². The summed E-state index contributed by atoms with van der Waals surface area (Å²) in [6.45, 7) is -0.602. The highest BCUT2D eigenvalue weighted by atomic mass is 35.5. The lowest BCUT2D eigenvalue weighted by Crippen LogP contribution is -2.15. The zero-order valence-electron chi connectivity index (χ0n) is 10.6.